The standard InChI is InChI=1S/C5H7NS/c1-2-3-4-6-5-7/h2H,1,3-4H2. The van der Waals surface area contributed by atoms with Crippen molar-refractivity contribution in [2.45, 2.75) is 6.42 Å². The third-order valence-corrected chi connectivity index (χ3v) is 0.639. The van der Waals surface area contributed by atoms with Gasteiger partial charge in [-0.05, 0) is 18.6 Å². The summed E-state index contributed by atoms with van der Waals surface area (Å²) in [5.74, 6) is 0. The zero-order valence-corrected chi connectivity index (χ0v) is 4.87. The Balaban J connectivity index is 2.97. The van der Waals surface area contributed by atoms with E-state index in [1.54, 1.807) is 6.08 Å². The summed E-state index contributed by atoms with van der Waals surface area (Å²) in [6.07, 6.45) is 2.69. The maximum Gasteiger partial charge on any atom is 0.0585 e. The van der Waals surface area contributed by atoms with E-state index >= 15 is 0 Å². The number of hydrogen-bond donors (Lipinski definition) is 0. The van der Waals surface area contributed by atoms with Gasteiger partial charge in [0.05, 0.1) is 11.7 Å². The van der Waals surface area contributed by atoms with E-state index in [1.165, 1.54) is 0 Å². The first-order valence-electron chi connectivity index (χ1n) is 2.06. The highest BCUT2D eigenvalue weighted by Gasteiger charge is 1.68. The maximum atomic E-state index is 4.31. The van der Waals surface area contributed by atoms with Crippen LogP contribution in [0.1, 0.15) is 6.42 Å². The summed E-state index contributed by atoms with van der Waals surface area (Å²) in [6.45, 7) is 4.24. The first-order chi connectivity index (χ1) is 3.41. The molecule has 0 aliphatic rings. The molecule has 0 aliphatic carbocycles. The first kappa shape index (κ1) is 6.54. The minimum Gasteiger partial charge on any atom is -0.232 e. The molecule has 38 valence electrons. The van der Waals surface area contributed by atoms with Crippen LogP contribution in [0, 0.1) is 0 Å². The highest BCUT2D eigenvalue weighted by atomic mass is 32.1. The second kappa shape index (κ2) is 5.54. The van der Waals surface area contributed by atoms with Crippen LogP contribution >= 0.6 is 12.2 Å². The molecule has 0 atom stereocenters. The Morgan fingerprint density at radius 1 is 1.86 bits per heavy atom. The lowest BCUT2D eigenvalue weighted by Gasteiger charge is -1.76. The summed E-state index contributed by atoms with van der Waals surface area (Å²) in [6, 6.07) is 0. The SMILES string of the molecule is C=CCCN=C=S. The van der Waals surface area contributed by atoms with Crippen LogP contribution < -0.4 is 0 Å². The second-order valence-electron chi connectivity index (χ2n) is 1.05. The van der Waals surface area contributed by atoms with Gasteiger partial charge in [-0.15, -0.1) is 6.58 Å². The minimum atomic E-state index is 0.729. The zero-order chi connectivity index (χ0) is 5.54. The summed E-state index contributed by atoms with van der Waals surface area (Å²) in [4.78, 5) is 3.66. The van der Waals surface area contributed by atoms with Crippen LogP contribution in [0.5, 0.6) is 0 Å². The Kier molecular flexibility index (Phi) is 5.18. The minimum absolute atomic E-state index is 0.729. The summed E-state index contributed by atoms with van der Waals surface area (Å²) < 4.78 is 0. The molecule has 0 fully saturated rings. The lowest BCUT2D eigenvalue weighted by atomic mass is 10.4. The molecule has 7 heavy (non-hydrogen) atoms. The molecular weight excluding hydrogens is 106 g/mol. The smallest absolute Gasteiger partial charge is 0.0585 e. The van der Waals surface area contributed by atoms with E-state index in [0.717, 1.165) is 13.0 Å². The largest absolute Gasteiger partial charge is 0.232 e. The second-order valence-corrected chi connectivity index (χ2v) is 1.23. The number of hydrogen-bond acceptors (Lipinski definition) is 2. The molecule has 0 aromatic carbocycles. The Labute approximate surface area is 48.8 Å². The van der Waals surface area contributed by atoms with E-state index in [1.807, 2.05) is 0 Å². The van der Waals surface area contributed by atoms with Gasteiger partial charge in [-0.3, -0.25) is 0 Å². The Morgan fingerprint density at radius 3 is 3.00 bits per heavy atom. The third-order valence-electron chi connectivity index (χ3n) is 0.510. The van der Waals surface area contributed by atoms with E-state index in [4.69, 9.17) is 0 Å². The molecule has 2 heteroatoms. The molecule has 0 amide bonds. The molecule has 0 bridgehead atoms. The normalized spacial score (nSPS) is 6.86. The lowest BCUT2D eigenvalue weighted by molar-refractivity contribution is 1.02. The fraction of sp³-hybridized carbons (Fsp3) is 0.400. The number of thiocarbonyl (C=S) groups is 1. The number of nitrogens with zero attached hydrogens (tertiary/aromatic N) is 1. The molecule has 0 aliphatic heterocycles. The predicted molar refractivity (Wildman–Crippen MR) is 34.7 cm³/mol. The number of isothiocyanates is 1. The zero-order valence-electron chi connectivity index (χ0n) is 4.05. The van der Waals surface area contributed by atoms with Gasteiger partial charge in [0.2, 0.25) is 0 Å². The highest BCUT2D eigenvalue weighted by Crippen LogP contribution is 1.77. The topological polar surface area (TPSA) is 12.4 Å². The molecule has 1 nitrogen and oxygen atoms in total. The fourth-order valence-corrected chi connectivity index (χ4v) is 0.293. The van der Waals surface area contributed by atoms with Gasteiger partial charge in [0.15, 0.2) is 0 Å². The summed E-state index contributed by atoms with van der Waals surface area (Å²) in [7, 11) is 0. The van der Waals surface area contributed by atoms with Crippen molar-refractivity contribution in [2.24, 2.45) is 4.99 Å². The van der Waals surface area contributed by atoms with Crippen LogP contribution in [0.2, 0.25) is 0 Å². The van der Waals surface area contributed by atoms with E-state index in [-0.39, 0.29) is 0 Å². The Bertz CT molecular complexity index is 92.3. The molecule has 0 spiro atoms. The van der Waals surface area contributed by atoms with Crippen molar-refractivity contribution in [3.63, 3.8) is 0 Å². The molecule has 0 aromatic heterocycles. The van der Waals surface area contributed by atoms with Crippen LogP contribution in [0.4, 0.5) is 0 Å². The van der Waals surface area contributed by atoms with Gasteiger partial charge >= 0.3 is 0 Å². The van der Waals surface area contributed by atoms with E-state index in [0.29, 0.717) is 0 Å². The van der Waals surface area contributed by atoms with Gasteiger partial charge in [0.1, 0.15) is 0 Å². The average molecular weight is 113 g/mol. The molecule has 0 heterocycles. The lowest BCUT2D eigenvalue weighted by Crippen LogP contribution is -1.70. The van der Waals surface area contributed by atoms with Crippen LogP contribution in [0.15, 0.2) is 17.6 Å². The Hall–Kier alpha value is -0.460. The van der Waals surface area contributed by atoms with Gasteiger partial charge in [-0.25, -0.2) is 4.99 Å². The Morgan fingerprint density at radius 2 is 2.57 bits per heavy atom. The van der Waals surface area contributed by atoms with Crippen molar-refractivity contribution in [3.05, 3.63) is 12.7 Å². The van der Waals surface area contributed by atoms with Gasteiger partial charge < -0.3 is 0 Å². The summed E-state index contributed by atoms with van der Waals surface area (Å²) in [5.41, 5.74) is 0. The molecular formula is C5H7NS. The van der Waals surface area contributed by atoms with Crippen LogP contribution in [-0.4, -0.2) is 11.7 Å². The molecule has 0 rings (SSSR count). The fourth-order valence-electron chi connectivity index (χ4n) is 0.201. The predicted octanol–water partition coefficient (Wildman–Crippen LogP) is 1.67. The molecule has 0 N–H and O–H groups in total. The van der Waals surface area contributed by atoms with E-state index in [9.17, 15) is 0 Å². The van der Waals surface area contributed by atoms with Crippen molar-refractivity contribution in [1.82, 2.24) is 0 Å². The first-order valence-corrected chi connectivity index (χ1v) is 2.47. The molecule has 0 radical (unpaired) electrons. The van der Waals surface area contributed by atoms with Gasteiger partial charge in [0, 0.05) is 0 Å². The van der Waals surface area contributed by atoms with Crippen molar-refractivity contribution < 1.29 is 0 Å². The number of rotatable bonds is 3. The highest BCUT2D eigenvalue weighted by molar-refractivity contribution is 7.78. The van der Waals surface area contributed by atoms with Crippen LogP contribution in [0.3, 0.4) is 0 Å². The van der Waals surface area contributed by atoms with Gasteiger partial charge in [-0.2, -0.15) is 0 Å². The van der Waals surface area contributed by atoms with Crippen molar-refractivity contribution >= 4 is 17.4 Å². The monoisotopic (exact) mass is 113 g/mol. The van der Waals surface area contributed by atoms with Crippen LogP contribution in [-0.2, 0) is 0 Å². The quantitative estimate of drug-likeness (QED) is 0.235. The van der Waals surface area contributed by atoms with E-state index < -0.39 is 0 Å². The van der Waals surface area contributed by atoms with Crippen molar-refractivity contribution in [2.75, 3.05) is 6.54 Å². The summed E-state index contributed by atoms with van der Waals surface area (Å²) >= 11 is 4.31. The molecule has 0 unspecified atom stereocenters. The summed E-state index contributed by atoms with van der Waals surface area (Å²) in [5, 5.41) is 2.26. The van der Waals surface area contributed by atoms with Crippen molar-refractivity contribution in [3.8, 4) is 0 Å². The molecule has 0 aromatic rings. The third kappa shape index (κ3) is 5.54. The number of aliphatic imine (C=N–C) groups is 1. The van der Waals surface area contributed by atoms with Gasteiger partial charge in [-0.1, -0.05) is 6.08 Å². The van der Waals surface area contributed by atoms with Gasteiger partial charge in [0.25, 0.3) is 0 Å². The maximum absolute atomic E-state index is 4.31. The van der Waals surface area contributed by atoms with Crippen molar-refractivity contribution in [1.29, 1.82) is 0 Å². The average Bonchev–Trinajstić information content (AvgIpc) is 1.69. The van der Waals surface area contributed by atoms with E-state index in [2.05, 4.69) is 29.0 Å². The molecule has 0 saturated heterocycles. The molecule has 0 saturated carbocycles. The van der Waals surface area contributed by atoms with Crippen LogP contribution in [0.25, 0.3) is 0 Å².